The molecule has 0 fully saturated rings. The molecule has 0 aromatic rings. The van der Waals surface area contributed by atoms with Gasteiger partial charge < -0.3 is 0 Å². The molecule has 0 aromatic carbocycles. The lowest BCUT2D eigenvalue weighted by Gasteiger charge is -2.45. The predicted octanol–water partition coefficient (Wildman–Crippen LogP) is 12.1. The van der Waals surface area contributed by atoms with Gasteiger partial charge in [-0.25, -0.2) is 0 Å². The highest BCUT2D eigenvalue weighted by molar-refractivity contribution is 4.90. The van der Waals surface area contributed by atoms with Gasteiger partial charge in [-0.15, -0.1) is 0 Å². The molecule has 0 aliphatic rings. The number of hydrogen-bond acceptors (Lipinski definition) is 0. The monoisotopic (exact) mass is 465 g/mol. The average Bonchev–Trinajstić information content (AvgIpc) is 2.78. The van der Waals surface area contributed by atoms with Crippen LogP contribution in [-0.2, 0) is 0 Å². The fraction of sp³-hybridized carbons (Fsp3) is 1.00. The van der Waals surface area contributed by atoms with E-state index in [1.807, 2.05) is 0 Å². The summed E-state index contributed by atoms with van der Waals surface area (Å²) in [6, 6.07) is 0. The van der Waals surface area contributed by atoms with E-state index < -0.39 is 0 Å². The maximum Gasteiger partial charge on any atom is -0.0266 e. The third kappa shape index (κ3) is 14.9. The van der Waals surface area contributed by atoms with Crippen LogP contribution in [0.4, 0.5) is 0 Å². The van der Waals surface area contributed by atoms with Gasteiger partial charge in [0.15, 0.2) is 0 Å². The highest BCUT2D eigenvalue weighted by Crippen LogP contribution is 2.50. The van der Waals surface area contributed by atoms with Crippen molar-refractivity contribution in [3.05, 3.63) is 0 Å². The Morgan fingerprint density at radius 1 is 0.515 bits per heavy atom. The zero-order valence-electron chi connectivity index (χ0n) is 25.3. The molecular weight excluding hydrogens is 396 g/mol. The lowest BCUT2D eigenvalue weighted by molar-refractivity contribution is 0.0507. The van der Waals surface area contributed by atoms with Crippen LogP contribution in [0.2, 0.25) is 0 Å². The molecule has 0 bridgehead atoms. The topological polar surface area (TPSA) is 0 Å². The molecule has 0 aromatic heterocycles. The van der Waals surface area contributed by atoms with Crippen LogP contribution in [0, 0.1) is 40.9 Å². The number of hydrogen-bond donors (Lipinski definition) is 0. The van der Waals surface area contributed by atoms with Gasteiger partial charge in [-0.2, -0.15) is 0 Å². The SMILES string of the molecule is CCCCC(C)CC(CCC(C)CCC)C(CCCC(C)C)(CCC(C)CC)CC(C)CC. The summed E-state index contributed by atoms with van der Waals surface area (Å²) in [5.41, 5.74) is 0.570. The van der Waals surface area contributed by atoms with E-state index in [2.05, 4.69) is 69.2 Å². The van der Waals surface area contributed by atoms with Crippen LogP contribution in [0.3, 0.4) is 0 Å². The van der Waals surface area contributed by atoms with Crippen LogP contribution in [0.5, 0.6) is 0 Å². The second kappa shape index (κ2) is 19.2. The van der Waals surface area contributed by atoms with Gasteiger partial charge in [0.2, 0.25) is 0 Å². The predicted molar refractivity (Wildman–Crippen MR) is 154 cm³/mol. The largest absolute Gasteiger partial charge is 0.0654 e. The van der Waals surface area contributed by atoms with Crippen LogP contribution in [0.25, 0.3) is 0 Å². The molecular formula is C33H68. The van der Waals surface area contributed by atoms with Gasteiger partial charge in [0.25, 0.3) is 0 Å². The summed E-state index contributed by atoms with van der Waals surface area (Å²) >= 11 is 0. The lowest BCUT2D eigenvalue weighted by Crippen LogP contribution is -2.35. The minimum Gasteiger partial charge on any atom is -0.0654 e. The van der Waals surface area contributed by atoms with Crippen LogP contribution >= 0.6 is 0 Å². The quantitative estimate of drug-likeness (QED) is 0.149. The Bertz CT molecular complexity index is 424. The molecule has 200 valence electrons. The van der Waals surface area contributed by atoms with Crippen molar-refractivity contribution in [2.45, 2.75) is 172 Å². The molecule has 0 spiro atoms. The van der Waals surface area contributed by atoms with E-state index in [1.54, 1.807) is 0 Å². The van der Waals surface area contributed by atoms with Crippen LogP contribution in [0.1, 0.15) is 172 Å². The van der Waals surface area contributed by atoms with Crippen molar-refractivity contribution in [1.82, 2.24) is 0 Å². The van der Waals surface area contributed by atoms with E-state index in [0.29, 0.717) is 5.41 Å². The van der Waals surface area contributed by atoms with Crippen molar-refractivity contribution in [3.63, 3.8) is 0 Å². The molecule has 0 amide bonds. The molecule has 0 saturated carbocycles. The summed E-state index contributed by atoms with van der Waals surface area (Å²) in [4.78, 5) is 0. The molecule has 6 unspecified atom stereocenters. The number of rotatable bonds is 22. The zero-order chi connectivity index (χ0) is 25.3. The van der Waals surface area contributed by atoms with Gasteiger partial charge in [-0.3, -0.25) is 0 Å². The van der Waals surface area contributed by atoms with Crippen LogP contribution in [-0.4, -0.2) is 0 Å². The minimum atomic E-state index is 0.570. The van der Waals surface area contributed by atoms with E-state index in [0.717, 1.165) is 35.5 Å². The normalized spacial score (nSPS) is 18.6. The van der Waals surface area contributed by atoms with E-state index in [4.69, 9.17) is 0 Å². The Morgan fingerprint density at radius 3 is 1.73 bits per heavy atom. The Balaban J connectivity index is 5.98. The third-order valence-electron chi connectivity index (χ3n) is 9.13. The standard InChI is InChI=1S/C33H68/c1-11-15-19-31(10)25-32(21-20-30(9)17-12-2)33(26-29(8)14-4,23-16-18-27(5)6)24-22-28(7)13-3/h27-32H,11-26H2,1-10H3. The van der Waals surface area contributed by atoms with Crippen molar-refractivity contribution in [2.24, 2.45) is 40.9 Å². The summed E-state index contributed by atoms with van der Waals surface area (Å²) in [7, 11) is 0. The van der Waals surface area contributed by atoms with E-state index in [9.17, 15) is 0 Å². The van der Waals surface area contributed by atoms with E-state index >= 15 is 0 Å². The van der Waals surface area contributed by atoms with Gasteiger partial charge in [-0.05, 0) is 73.0 Å². The Hall–Kier alpha value is 0. The summed E-state index contributed by atoms with van der Waals surface area (Å²) in [5.74, 6) is 5.30. The molecule has 0 aliphatic heterocycles. The van der Waals surface area contributed by atoms with Gasteiger partial charge in [0.05, 0.1) is 0 Å². The Morgan fingerprint density at radius 2 is 1.18 bits per heavy atom. The molecule has 0 heteroatoms. The lowest BCUT2D eigenvalue weighted by atomic mass is 9.60. The van der Waals surface area contributed by atoms with Gasteiger partial charge in [0.1, 0.15) is 0 Å². The van der Waals surface area contributed by atoms with E-state index in [-0.39, 0.29) is 0 Å². The highest BCUT2D eigenvalue weighted by atomic mass is 14.4. The number of unbranched alkanes of at least 4 members (excludes halogenated alkanes) is 1. The first-order chi connectivity index (χ1) is 15.6. The first kappa shape index (κ1) is 33.0. The molecule has 0 radical (unpaired) electrons. The smallest absolute Gasteiger partial charge is 0.0266 e. The first-order valence-electron chi connectivity index (χ1n) is 15.6. The Labute approximate surface area is 212 Å². The second-order valence-corrected chi connectivity index (χ2v) is 13.1. The summed E-state index contributed by atoms with van der Waals surface area (Å²) in [6.45, 7) is 24.6. The molecule has 0 rings (SSSR count). The zero-order valence-corrected chi connectivity index (χ0v) is 25.3. The third-order valence-corrected chi connectivity index (χ3v) is 9.13. The summed E-state index contributed by atoms with van der Waals surface area (Å²) in [6.07, 6.45) is 22.8. The van der Waals surface area contributed by atoms with Crippen LogP contribution in [0.15, 0.2) is 0 Å². The Kier molecular flexibility index (Phi) is 19.2. The fourth-order valence-corrected chi connectivity index (χ4v) is 6.30. The molecule has 0 saturated heterocycles. The van der Waals surface area contributed by atoms with E-state index in [1.165, 1.54) is 103 Å². The molecule has 33 heavy (non-hydrogen) atoms. The van der Waals surface area contributed by atoms with Crippen molar-refractivity contribution >= 4 is 0 Å². The first-order valence-corrected chi connectivity index (χ1v) is 15.6. The maximum atomic E-state index is 2.58. The van der Waals surface area contributed by atoms with Crippen molar-refractivity contribution in [2.75, 3.05) is 0 Å². The average molecular weight is 465 g/mol. The van der Waals surface area contributed by atoms with Crippen LogP contribution < -0.4 is 0 Å². The molecule has 0 heterocycles. The van der Waals surface area contributed by atoms with Gasteiger partial charge >= 0.3 is 0 Å². The molecule has 0 aliphatic carbocycles. The maximum absolute atomic E-state index is 2.58. The molecule has 0 N–H and O–H groups in total. The van der Waals surface area contributed by atoms with Gasteiger partial charge in [-0.1, -0.05) is 140 Å². The summed E-state index contributed by atoms with van der Waals surface area (Å²) in [5, 5.41) is 0. The summed E-state index contributed by atoms with van der Waals surface area (Å²) < 4.78 is 0. The van der Waals surface area contributed by atoms with Crippen molar-refractivity contribution in [3.8, 4) is 0 Å². The fourth-order valence-electron chi connectivity index (χ4n) is 6.30. The molecule has 0 nitrogen and oxygen atoms in total. The van der Waals surface area contributed by atoms with Gasteiger partial charge in [0, 0.05) is 0 Å². The minimum absolute atomic E-state index is 0.570. The second-order valence-electron chi connectivity index (χ2n) is 13.1. The molecule has 6 atom stereocenters. The van der Waals surface area contributed by atoms with Crippen molar-refractivity contribution < 1.29 is 0 Å². The van der Waals surface area contributed by atoms with Crippen molar-refractivity contribution in [1.29, 1.82) is 0 Å². The highest BCUT2D eigenvalue weighted by Gasteiger charge is 2.39.